The first-order valence-corrected chi connectivity index (χ1v) is 16.2. The van der Waals surface area contributed by atoms with Crippen molar-refractivity contribution in [3.63, 3.8) is 0 Å². The van der Waals surface area contributed by atoms with Crippen LogP contribution in [0.4, 0.5) is 13.2 Å². The Balaban J connectivity index is 1.31. The fourth-order valence-electron chi connectivity index (χ4n) is 4.71. The standard InChI is InChI=1S/C29H27F3N6O7S2/c30-29(31,32)18-5-1-16(2-6-18)11-23(27(41)42)34-26(40)24(12-17-3-7-20(39)8-4-17)38-14-19(36-37-38)15-45-21-9-10-25-22(13-21)35-28(46-25)47(33,43)44/h1-8,10,13-14,21,23-24,39H,9,11-12,15H2,(H,34,40)(H,41,42)(H2,33,43,44). The summed E-state index contributed by atoms with van der Waals surface area (Å²) in [5.41, 5.74) is 0.316. The van der Waals surface area contributed by atoms with Crippen LogP contribution in [0.25, 0.3) is 12.2 Å². The number of rotatable bonds is 12. The smallest absolute Gasteiger partial charge is 0.416 e. The second-order valence-corrected chi connectivity index (χ2v) is 13.4. The van der Waals surface area contributed by atoms with Gasteiger partial charge in [-0.3, -0.25) is 4.79 Å². The number of halogens is 3. The van der Waals surface area contributed by atoms with Gasteiger partial charge >= 0.3 is 12.1 Å². The number of aromatic hydroxyl groups is 1. The highest BCUT2D eigenvalue weighted by molar-refractivity contribution is 7.91. The van der Waals surface area contributed by atoms with Crippen molar-refractivity contribution in [3.8, 4) is 5.75 Å². The minimum atomic E-state index is -4.56. The summed E-state index contributed by atoms with van der Waals surface area (Å²) in [4.78, 5) is 29.7. The van der Waals surface area contributed by atoms with Crippen molar-refractivity contribution in [2.45, 2.75) is 54.6 Å². The molecular formula is C29H27F3N6O7S2. The number of carboxylic acid groups (broad SMARTS) is 1. The summed E-state index contributed by atoms with van der Waals surface area (Å²) in [6.45, 7) is -0.0459. The van der Waals surface area contributed by atoms with Crippen LogP contribution in [0.2, 0.25) is 0 Å². The number of hydrogen-bond acceptors (Lipinski definition) is 10. The lowest BCUT2D eigenvalue weighted by molar-refractivity contribution is -0.142. The lowest BCUT2D eigenvalue weighted by Gasteiger charge is -2.21. The highest BCUT2D eigenvalue weighted by Crippen LogP contribution is 2.29. The average molecular weight is 693 g/mol. The Kier molecular flexibility index (Phi) is 9.76. The third-order valence-electron chi connectivity index (χ3n) is 7.11. The van der Waals surface area contributed by atoms with Crippen molar-refractivity contribution in [1.82, 2.24) is 25.3 Å². The van der Waals surface area contributed by atoms with Gasteiger partial charge in [-0.15, -0.1) is 16.4 Å². The van der Waals surface area contributed by atoms with E-state index in [4.69, 9.17) is 9.88 Å². The molecule has 248 valence electrons. The van der Waals surface area contributed by atoms with Crippen molar-refractivity contribution in [2.75, 3.05) is 0 Å². The maximum Gasteiger partial charge on any atom is 0.416 e. The van der Waals surface area contributed by atoms with Crippen LogP contribution < -0.4 is 20.3 Å². The number of primary sulfonamides is 1. The number of amides is 1. The minimum Gasteiger partial charge on any atom is -0.508 e. The number of ether oxygens (including phenoxy) is 1. The molecule has 5 rings (SSSR count). The molecule has 0 radical (unpaired) electrons. The zero-order valence-electron chi connectivity index (χ0n) is 24.2. The van der Waals surface area contributed by atoms with Gasteiger partial charge in [-0.1, -0.05) is 35.6 Å². The number of hydrogen-bond donors (Lipinski definition) is 4. The molecular weight excluding hydrogens is 665 g/mol. The quantitative estimate of drug-likeness (QED) is 0.168. The van der Waals surface area contributed by atoms with Crippen LogP contribution in [0.1, 0.15) is 34.8 Å². The molecule has 3 atom stereocenters. The van der Waals surface area contributed by atoms with E-state index in [1.807, 2.05) is 0 Å². The molecule has 0 aliphatic heterocycles. The van der Waals surface area contributed by atoms with Gasteiger partial charge in [0.25, 0.3) is 10.0 Å². The van der Waals surface area contributed by atoms with E-state index in [-0.39, 0.29) is 35.1 Å². The van der Waals surface area contributed by atoms with Gasteiger partial charge in [-0.2, -0.15) is 13.2 Å². The van der Waals surface area contributed by atoms with E-state index in [1.54, 1.807) is 24.3 Å². The van der Waals surface area contributed by atoms with E-state index in [9.17, 15) is 41.4 Å². The number of fused-ring (bicyclic) bond motifs is 1. The molecule has 0 bridgehead atoms. The molecule has 0 fully saturated rings. The van der Waals surface area contributed by atoms with E-state index in [0.29, 0.717) is 27.6 Å². The summed E-state index contributed by atoms with van der Waals surface area (Å²) in [7, 11) is -3.95. The molecule has 1 aliphatic rings. The number of aromatic nitrogens is 4. The highest BCUT2D eigenvalue weighted by atomic mass is 32.2. The number of sulfonamides is 1. The number of carboxylic acids is 1. The third-order valence-corrected chi connectivity index (χ3v) is 9.50. The number of benzene rings is 2. The topological polar surface area (TPSA) is 200 Å². The fourth-order valence-corrected chi connectivity index (χ4v) is 6.40. The second-order valence-electron chi connectivity index (χ2n) is 10.6. The maximum absolute atomic E-state index is 13.6. The lowest BCUT2D eigenvalue weighted by atomic mass is 10.0. The first-order valence-electron chi connectivity index (χ1n) is 13.9. The SMILES string of the molecule is NS(=O)(=O)c1nc2c(s1)=CCC(OCc1cn(C(Cc3ccc(O)cc3)C(=O)NC(Cc3ccc(C(F)(F)F)cc3)C(=O)O)nn1)C=2. The van der Waals surface area contributed by atoms with E-state index in [2.05, 4.69) is 20.6 Å². The first-order chi connectivity index (χ1) is 22.2. The van der Waals surface area contributed by atoms with Crippen molar-refractivity contribution >= 4 is 45.4 Å². The number of phenolic OH excluding ortho intramolecular Hbond substituents is 1. The van der Waals surface area contributed by atoms with E-state index >= 15 is 0 Å². The summed E-state index contributed by atoms with van der Waals surface area (Å²) < 4.78 is 69.7. The Morgan fingerprint density at radius 2 is 1.77 bits per heavy atom. The summed E-state index contributed by atoms with van der Waals surface area (Å²) >= 11 is 0.955. The zero-order valence-corrected chi connectivity index (χ0v) is 25.8. The Morgan fingerprint density at radius 3 is 2.40 bits per heavy atom. The molecule has 5 N–H and O–H groups in total. The number of thiazole rings is 1. The van der Waals surface area contributed by atoms with Crippen LogP contribution >= 0.6 is 11.3 Å². The molecule has 0 saturated heterocycles. The molecule has 13 nitrogen and oxygen atoms in total. The van der Waals surface area contributed by atoms with Crippen LogP contribution in [0.3, 0.4) is 0 Å². The van der Waals surface area contributed by atoms with Crippen LogP contribution in [0.15, 0.2) is 59.1 Å². The van der Waals surface area contributed by atoms with Gasteiger partial charge in [-0.25, -0.2) is 28.0 Å². The van der Waals surface area contributed by atoms with E-state index < -0.39 is 51.8 Å². The van der Waals surface area contributed by atoms with Crippen molar-refractivity contribution < 1.29 is 46.1 Å². The van der Waals surface area contributed by atoms with Crippen LogP contribution in [0, 0.1) is 0 Å². The number of nitrogens with zero attached hydrogens (tertiary/aromatic N) is 4. The zero-order chi connectivity index (χ0) is 33.9. The van der Waals surface area contributed by atoms with Gasteiger partial charge in [0.05, 0.1) is 34.4 Å². The van der Waals surface area contributed by atoms with Crippen LogP contribution in [-0.2, 0) is 50.0 Å². The predicted octanol–water partition coefficient (Wildman–Crippen LogP) is 1.25. The summed E-state index contributed by atoms with van der Waals surface area (Å²) in [5.74, 6) is -2.14. The number of nitrogens with one attached hydrogen (secondary N) is 1. The van der Waals surface area contributed by atoms with Crippen LogP contribution in [0.5, 0.6) is 5.75 Å². The van der Waals surface area contributed by atoms with Crippen LogP contribution in [-0.4, -0.2) is 62.6 Å². The summed E-state index contributed by atoms with van der Waals surface area (Å²) in [6, 6.07) is 7.40. The molecule has 2 aromatic heterocycles. The number of phenols is 1. The average Bonchev–Trinajstić information content (AvgIpc) is 3.66. The van der Waals surface area contributed by atoms with E-state index in [0.717, 1.165) is 35.6 Å². The monoisotopic (exact) mass is 692 g/mol. The normalized spacial score (nSPS) is 16.0. The molecule has 4 aromatic rings. The number of carbonyl (C=O) groups excluding carboxylic acids is 1. The first kappa shape index (κ1) is 33.7. The highest BCUT2D eigenvalue weighted by Gasteiger charge is 2.31. The molecule has 3 unspecified atom stereocenters. The number of carbonyl (C=O) groups is 2. The van der Waals surface area contributed by atoms with Crippen molar-refractivity contribution in [3.05, 3.63) is 87.0 Å². The number of alkyl halides is 3. The molecule has 0 spiro atoms. The maximum atomic E-state index is 13.6. The van der Waals surface area contributed by atoms with Gasteiger partial charge in [-0.05, 0) is 47.9 Å². The van der Waals surface area contributed by atoms with Gasteiger partial charge in [0.2, 0.25) is 10.2 Å². The minimum absolute atomic E-state index is 0.000152. The molecule has 2 heterocycles. The molecule has 1 amide bonds. The summed E-state index contributed by atoms with van der Waals surface area (Å²) in [5, 5.41) is 35.7. The molecule has 18 heteroatoms. The number of aliphatic carboxylic acids is 1. The molecule has 1 aliphatic carbocycles. The Bertz CT molecular complexity index is 2000. The Morgan fingerprint density at radius 1 is 1.11 bits per heavy atom. The van der Waals surface area contributed by atoms with E-state index in [1.165, 1.54) is 23.0 Å². The summed E-state index contributed by atoms with van der Waals surface area (Å²) in [6.07, 6.45) is 0.0354. The molecule has 2 aromatic carbocycles. The fraction of sp³-hybridized carbons (Fsp3) is 0.276. The van der Waals surface area contributed by atoms with Crippen molar-refractivity contribution in [1.29, 1.82) is 0 Å². The Labute approximate surface area is 268 Å². The van der Waals surface area contributed by atoms with Gasteiger partial charge in [0, 0.05) is 12.8 Å². The molecule has 0 saturated carbocycles. The van der Waals surface area contributed by atoms with Crippen molar-refractivity contribution in [2.24, 2.45) is 5.14 Å². The van der Waals surface area contributed by atoms with Gasteiger partial charge in [0.15, 0.2) is 0 Å². The largest absolute Gasteiger partial charge is 0.508 e. The second kappa shape index (κ2) is 13.6. The predicted molar refractivity (Wildman–Crippen MR) is 160 cm³/mol. The van der Waals surface area contributed by atoms with Gasteiger partial charge < -0.3 is 20.3 Å². The number of nitrogens with two attached hydrogens (primary N) is 1. The Hall–Kier alpha value is -4.65. The lowest BCUT2D eigenvalue weighted by Crippen LogP contribution is -2.46. The van der Waals surface area contributed by atoms with Gasteiger partial charge in [0.1, 0.15) is 23.5 Å². The third kappa shape index (κ3) is 8.59. The molecule has 47 heavy (non-hydrogen) atoms.